The van der Waals surface area contributed by atoms with E-state index >= 15 is 0 Å². The van der Waals surface area contributed by atoms with Gasteiger partial charge >= 0.3 is 0 Å². The zero-order valence-electron chi connectivity index (χ0n) is 9.98. The monoisotopic (exact) mass is 230 g/mol. The van der Waals surface area contributed by atoms with E-state index in [-0.39, 0.29) is 0 Å². The molecule has 2 heterocycles. The number of hydrogen-bond donors (Lipinski definition) is 1. The molecule has 2 aromatic rings. The lowest BCUT2D eigenvalue weighted by Crippen LogP contribution is -2.44. The second-order valence-electron chi connectivity index (χ2n) is 4.60. The van der Waals surface area contributed by atoms with E-state index in [4.69, 9.17) is 4.42 Å². The molecule has 1 aromatic heterocycles. The molecule has 0 atom stereocenters. The molecule has 1 saturated heterocycles. The highest BCUT2D eigenvalue weighted by Gasteiger charge is 2.11. The fourth-order valence-electron chi connectivity index (χ4n) is 2.44. The number of benzene rings is 1. The predicted octanol–water partition coefficient (Wildman–Crippen LogP) is 1.88. The van der Waals surface area contributed by atoms with Crippen molar-refractivity contribution in [1.29, 1.82) is 0 Å². The van der Waals surface area contributed by atoms with Gasteiger partial charge in [-0.3, -0.25) is 0 Å². The molecule has 90 valence electrons. The number of para-hydroxylation sites is 1. The molecule has 0 saturated carbocycles. The fraction of sp³-hybridized carbons (Fsp3) is 0.429. The summed E-state index contributed by atoms with van der Waals surface area (Å²) in [7, 11) is 0. The Bertz CT molecular complexity index is 486. The summed E-state index contributed by atoms with van der Waals surface area (Å²) in [5.74, 6) is 0. The van der Waals surface area contributed by atoms with Crippen LogP contribution in [0.15, 0.2) is 34.9 Å². The summed E-state index contributed by atoms with van der Waals surface area (Å²) in [6.45, 7) is 5.69. The standard InChI is InChI=1S/C14H18N2O/c1-2-4-14-13(3-1)12(11-17-14)5-8-16-9-6-15-7-10-16/h1-4,11,15H,5-10H2. The van der Waals surface area contributed by atoms with Crippen molar-refractivity contribution in [3.05, 3.63) is 36.1 Å². The highest BCUT2D eigenvalue weighted by Crippen LogP contribution is 2.21. The number of furan rings is 1. The second kappa shape index (κ2) is 4.90. The molecule has 0 amide bonds. The van der Waals surface area contributed by atoms with Crippen LogP contribution in [0.25, 0.3) is 11.0 Å². The van der Waals surface area contributed by atoms with Gasteiger partial charge in [-0.15, -0.1) is 0 Å². The molecule has 0 radical (unpaired) electrons. The SMILES string of the molecule is c1ccc2c(CCN3CCNCC3)coc2c1. The molecule has 0 spiro atoms. The van der Waals surface area contributed by atoms with Crippen LogP contribution in [0.4, 0.5) is 0 Å². The van der Waals surface area contributed by atoms with Crippen LogP contribution in [0.3, 0.4) is 0 Å². The Balaban J connectivity index is 1.68. The van der Waals surface area contributed by atoms with Crippen LogP contribution in [0, 0.1) is 0 Å². The van der Waals surface area contributed by atoms with Gasteiger partial charge in [-0.25, -0.2) is 0 Å². The highest BCUT2D eigenvalue weighted by molar-refractivity contribution is 5.80. The Hall–Kier alpha value is -1.32. The highest BCUT2D eigenvalue weighted by atomic mass is 16.3. The number of hydrogen-bond acceptors (Lipinski definition) is 3. The van der Waals surface area contributed by atoms with Gasteiger partial charge in [0, 0.05) is 38.1 Å². The van der Waals surface area contributed by atoms with Gasteiger partial charge in [0.25, 0.3) is 0 Å². The van der Waals surface area contributed by atoms with Crippen LogP contribution in [0.2, 0.25) is 0 Å². The summed E-state index contributed by atoms with van der Waals surface area (Å²) in [6.07, 6.45) is 2.99. The Morgan fingerprint density at radius 2 is 2.00 bits per heavy atom. The number of fused-ring (bicyclic) bond motifs is 1. The third-order valence-electron chi connectivity index (χ3n) is 3.47. The maximum Gasteiger partial charge on any atom is 0.134 e. The van der Waals surface area contributed by atoms with Gasteiger partial charge in [0.15, 0.2) is 0 Å². The zero-order chi connectivity index (χ0) is 11.5. The van der Waals surface area contributed by atoms with E-state index < -0.39 is 0 Å². The van der Waals surface area contributed by atoms with Crippen molar-refractivity contribution < 1.29 is 4.42 Å². The van der Waals surface area contributed by atoms with Crippen LogP contribution in [0.1, 0.15) is 5.56 Å². The quantitative estimate of drug-likeness (QED) is 0.872. The van der Waals surface area contributed by atoms with Crippen molar-refractivity contribution in [2.45, 2.75) is 6.42 Å². The smallest absolute Gasteiger partial charge is 0.134 e. The first kappa shape index (κ1) is 10.8. The van der Waals surface area contributed by atoms with E-state index in [0.29, 0.717) is 0 Å². The Kier molecular flexibility index (Phi) is 3.12. The lowest BCUT2D eigenvalue weighted by molar-refractivity contribution is 0.244. The average molecular weight is 230 g/mol. The molecule has 0 unspecified atom stereocenters. The van der Waals surface area contributed by atoms with Crippen molar-refractivity contribution in [3.8, 4) is 0 Å². The molecule has 1 fully saturated rings. The molecule has 3 heteroatoms. The van der Waals surface area contributed by atoms with E-state index in [1.54, 1.807) is 0 Å². The summed E-state index contributed by atoms with van der Waals surface area (Å²) in [5, 5.41) is 4.64. The molecule has 3 rings (SSSR count). The van der Waals surface area contributed by atoms with E-state index in [0.717, 1.165) is 44.7 Å². The summed E-state index contributed by atoms with van der Waals surface area (Å²) in [4.78, 5) is 2.51. The van der Waals surface area contributed by atoms with E-state index in [1.165, 1.54) is 10.9 Å². The molecule has 17 heavy (non-hydrogen) atoms. The van der Waals surface area contributed by atoms with Crippen LogP contribution in [0.5, 0.6) is 0 Å². The molecule has 1 N–H and O–H groups in total. The van der Waals surface area contributed by atoms with Crippen molar-refractivity contribution in [2.24, 2.45) is 0 Å². The molecule has 3 nitrogen and oxygen atoms in total. The van der Waals surface area contributed by atoms with Crippen LogP contribution < -0.4 is 5.32 Å². The first-order chi connectivity index (χ1) is 8.43. The largest absolute Gasteiger partial charge is 0.464 e. The lowest BCUT2D eigenvalue weighted by atomic mass is 10.1. The van der Waals surface area contributed by atoms with Crippen molar-refractivity contribution in [3.63, 3.8) is 0 Å². The molecule has 1 aliphatic rings. The number of rotatable bonds is 3. The number of nitrogens with one attached hydrogen (secondary N) is 1. The Morgan fingerprint density at radius 1 is 1.18 bits per heavy atom. The van der Waals surface area contributed by atoms with Crippen molar-refractivity contribution in [1.82, 2.24) is 10.2 Å². The summed E-state index contributed by atoms with van der Waals surface area (Å²) in [5.41, 5.74) is 2.34. The number of nitrogens with zero attached hydrogens (tertiary/aromatic N) is 1. The lowest BCUT2D eigenvalue weighted by Gasteiger charge is -2.26. The van der Waals surface area contributed by atoms with E-state index in [9.17, 15) is 0 Å². The van der Waals surface area contributed by atoms with Gasteiger partial charge in [-0.05, 0) is 18.1 Å². The van der Waals surface area contributed by atoms with Crippen LogP contribution in [-0.4, -0.2) is 37.6 Å². The number of piperazine rings is 1. The molecule has 1 aromatic carbocycles. The van der Waals surface area contributed by atoms with Crippen LogP contribution >= 0.6 is 0 Å². The third kappa shape index (κ3) is 2.35. The summed E-state index contributed by atoms with van der Waals surface area (Å²) < 4.78 is 5.56. The predicted molar refractivity (Wildman–Crippen MR) is 69.2 cm³/mol. The van der Waals surface area contributed by atoms with Gasteiger partial charge < -0.3 is 14.6 Å². The fourth-order valence-corrected chi connectivity index (χ4v) is 2.44. The van der Waals surface area contributed by atoms with Gasteiger partial charge in [-0.2, -0.15) is 0 Å². The topological polar surface area (TPSA) is 28.4 Å². The minimum absolute atomic E-state index is 1.00. The van der Waals surface area contributed by atoms with Crippen molar-refractivity contribution >= 4 is 11.0 Å². The van der Waals surface area contributed by atoms with Crippen molar-refractivity contribution in [2.75, 3.05) is 32.7 Å². The normalized spacial score (nSPS) is 17.6. The third-order valence-corrected chi connectivity index (χ3v) is 3.47. The van der Waals surface area contributed by atoms with Gasteiger partial charge in [0.2, 0.25) is 0 Å². The summed E-state index contributed by atoms with van der Waals surface area (Å²) >= 11 is 0. The minimum Gasteiger partial charge on any atom is -0.464 e. The Labute approximate surface area is 101 Å². The maximum absolute atomic E-state index is 5.56. The van der Waals surface area contributed by atoms with Gasteiger partial charge in [0.05, 0.1) is 6.26 Å². The summed E-state index contributed by atoms with van der Waals surface area (Å²) in [6, 6.07) is 8.27. The Morgan fingerprint density at radius 3 is 2.88 bits per heavy atom. The van der Waals surface area contributed by atoms with Gasteiger partial charge in [0.1, 0.15) is 5.58 Å². The molecular formula is C14H18N2O. The average Bonchev–Trinajstić information content (AvgIpc) is 2.81. The first-order valence-electron chi connectivity index (χ1n) is 6.32. The van der Waals surface area contributed by atoms with Crippen LogP contribution in [-0.2, 0) is 6.42 Å². The molecule has 1 aliphatic heterocycles. The second-order valence-corrected chi connectivity index (χ2v) is 4.60. The first-order valence-corrected chi connectivity index (χ1v) is 6.32. The van der Waals surface area contributed by atoms with E-state index in [2.05, 4.69) is 22.3 Å². The van der Waals surface area contributed by atoms with E-state index in [1.807, 2.05) is 18.4 Å². The van der Waals surface area contributed by atoms with Gasteiger partial charge in [-0.1, -0.05) is 18.2 Å². The molecular weight excluding hydrogens is 212 g/mol. The minimum atomic E-state index is 1.00. The maximum atomic E-state index is 5.56. The zero-order valence-corrected chi connectivity index (χ0v) is 9.98. The molecule has 0 aliphatic carbocycles. The molecule has 0 bridgehead atoms.